The number of phenolic OH excluding ortho intramolecular Hbond substituents is 1. The van der Waals surface area contributed by atoms with Crippen LogP contribution in [0.15, 0.2) is 42.0 Å². The highest BCUT2D eigenvalue weighted by Crippen LogP contribution is 2.38. The summed E-state index contributed by atoms with van der Waals surface area (Å²) in [7, 11) is 2.45. The van der Waals surface area contributed by atoms with Crippen molar-refractivity contribution in [2.45, 2.75) is 6.54 Å². The SMILES string of the molecule is COc1cc(/C(O)=C(\C#N)C(=O)N(C)Cc2ccccc2F)cc([N+](=O)[O-])c1O. The molecule has 0 aliphatic heterocycles. The fraction of sp³-hybridized carbons (Fsp3) is 0.158. The van der Waals surface area contributed by atoms with Crippen molar-refractivity contribution in [3.63, 3.8) is 0 Å². The van der Waals surface area contributed by atoms with Crippen LogP contribution in [0, 0.1) is 27.3 Å². The fourth-order valence-electron chi connectivity index (χ4n) is 2.52. The van der Waals surface area contributed by atoms with Crippen LogP contribution in [0.5, 0.6) is 11.5 Å². The predicted octanol–water partition coefficient (Wildman–Crippen LogP) is 2.90. The van der Waals surface area contributed by atoms with Gasteiger partial charge in [0.2, 0.25) is 5.75 Å². The second-order valence-corrected chi connectivity index (χ2v) is 5.89. The molecular formula is C19H16FN3O6. The number of halogens is 1. The molecule has 10 heteroatoms. The van der Waals surface area contributed by atoms with Crippen LogP contribution in [0.4, 0.5) is 10.1 Å². The van der Waals surface area contributed by atoms with Crippen LogP contribution in [0.2, 0.25) is 0 Å². The fourth-order valence-corrected chi connectivity index (χ4v) is 2.52. The van der Waals surface area contributed by atoms with Gasteiger partial charge in [-0.3, -0.25) is 14.9 Å². The van der Waals surface area contributed by atoms with Crippen LogP contribution in [0.3, 0.4) is 0 Å². The third kappa shape index (κ3) is 4.41. The molecule has 0 atom stereocenters. The van der Waals surface area contributed by atoms with Gasteiger partial charge in [0.15, 0.2) is 11.3 Å². The minimum Gasteiger partial charge on any atom is -0.506 e. The minimum absolute atomic E-state index is 0.178. The normalized spacial score (nSPS) is 11.2. The number of aromatic hydroxyl groups is 1. The van der Waals surface area contributed by atoms with Crippen LogP contribution in [-0.4, -0.2) is 40.1 Å². The van der Waals surface area contributed by atoms with E-state index in [2.05, 4.69) is 0 Å². The van der Waals surface area contributed by atoms with Gasteiger partial charge in [0, 0.05) is 30.8 Å². The molecule has 0 radical (unpaired) electrons. The predicted molar refractivity (Wildman–Crippen MR) is 99.3 cm³/mol. The average molecular weight is 401 g/mol. The van der Waals surface area contributed by atoms with Gasteiger partial charge in [-0.05, 0) is 12.1 Å². The number of methoxy groups -OCH3 is 1. The van der Waals surface area contributed by atoms with Crippen LogP contribution in [-0.2, 0) is 11.3 Å². The van der Waals surface area contributed by atoms with Crippen molar-refractivity contribution in [2.24, 2.45) is 0 Å². The van der Waals surface area contributed by atoms with Gasteiger partial charge in [0.1, 0.15) is 17.6 Å². The summed E-state index contributed by atoms with van der Waals surface area (Å²) >= 11 is 0. The number of ether oxygens (including phenoxy) is 1. The molecule has 0 fully saturated rings. The summed E-state index contributed by atoms with van der Waals surface area (Å²) in [4.78, 5) is 23.8. The van der Waals surface area contributed by atoms with Gasteiger partial charge in [-0.2, -0.15) is 5.26 Å². The van der Waals surface area contributed by atoms with Gasteiger partial charge in [0.05, 0.1) is 12.0 Å². The van der Waals surface area contributed by atoms with Gasteiger partial charge in [0.25, 0.3) is 5.91 Å². The molecule has 150 valence electrons. The molecule has 0 aliphatic carbocycles. The standard InChI is InChI=1S/C19H16FN3O6/c1-22(10-11-5-3-4-6-14(11)20)19(26)13(9-21)17(24)12-7-15(23(27)28)18(25)16(8-12)29-2/h3-8,24-25H,10H2,1-2H3/b17-13-. The number of phenols is 1. The first kappa shape index (κ1) is 21.2. The number of nitro groups is 1. The van der Waals surface area contributed by atoms with E-state index >= 15 is 0 Å². The number of benzene rings is 2. The van der Waals surface area contributed by atoms with Gasteiger partial charge >= 0.3 is 5.69 Å². The minimum atomic E-state index is -0.928. The molecule has 0 heterocycles. The van der Waals surface area contributed by atoms with Gasteiger partial charge in [-0.15, -0.1) is 0 Å². The second kappa shape index (κ2) is 8.71. The number of nitrogens with zero attached hydrogens (tertiary/aromatic N) is 3. The number of likely N-dealkylation sites (N-methyl/N-ethyl adjacent to an activating group) is 1. The summed E-state index contributed by atoms with van der Waals surface area (Å²) < 4.78 is 18.6. The number of aliphatic hydroxyl groups excluding tert-OH is 1. The molecule has 0 aliphatic rings. The molecule has 9 nitrogen and oxygen atoms in total. The Morgan fingerprint density at radius 2 is 2.03 bits per heavy atom. The molecule has 0 unspecified atom stereocenters. The lowest BCUT2D eigenvalue weighted by Gasteiger charge is -2.18. The molecule has 0 saturated carbocycles. The Morgan fingerprint density at radius 1 is 1.38 bits per heavy atom. The monoisotopic (exact) mass is 401 g/mol. The summed E-state index contributed by atoms with van der Waals surface area (Å²) in [6.07, 6.45) is 0. The molecule has 0 aromatic heterocycles. The van der Waals surface area contributed by atoms with E-state index in [0.29, 0.717) is 0 Å². The van der Waals surface area contributed by atoms with Crippen molar-refractivity contribution in [3.05, 3.63) is 69.0 Å². The van der Waals surface area contributed by atoms with E-state index in [-0.39, 0.29) is 23.4 Å². The molecule has 2 N–H and O–H groups in total. The average Bonchev–Trinajstić information content (AvgIpc) is 2.69. The number of nitro benzene ring substituents is 1. The first-order valence-corrected chi connectivity index (χ1v) is 8.09. The molecule has 2 aromatic rings. The van der Waals surface area contributed by atoms with E-state index in [1.807, 2.05) is 0 Å². The molecule has 2 rings (SSSR count). The van der Waals surface area contributed by atoms with E-state index in [1.54, 1.807) is 12.1 Å². The molecule has 0 saturated heterocycles. The van der Waals surface area contributed by atoms with Gasteiger partial charge in [-0.25, -0.2) is 4.39 Å². The Morgan fingerprint density at radius 3 is 2.59 bits per heavy atom. The maximum atomic E-state index is 13.8. The Bertz CT molecular complexity index is 1040. The Balaban J connectivity index is 2.47. The summed E-state index contributed by atoms with van der Waals surface area (Å²) in [5.41, 5.74) is -1.58. The van der Waals surface area contributed by atoms with Gasteiger partial charge < -0.3 is 19.8 Å². The molecular weight excluding hydrogens is 385 g/mol. The zero-order valence-electron chi connectivity index (χ0n) is 15.4. The summed E-state index contributed by atoms with van der Waals surface area (Å²) in [5, 5.41) is 40.7. The summed E-state index contributed by atoms with van der Waals surface area (Å²) in [5.74, 6) is -3.42. The van der Waals surface area contributed by atoms with Crippen molar-refractivity contribution < 1.29 is 29.1 Å². The molecule has 2 aromatic carbocycles. The zero-order chi connectivity index (χ0) is 21.7. The van der Waals surface area contributed by atoms with Crippen molar-refractivity contribution >= 4 is 17.4 Å². The topological polar surface area (TPSA) is 137 Å². The Kier molecular flexibility index (Phi) is 6.36. The molecule has 0 spiro atoms. The van der Waals surface area contributed by atoms with Crippen molar-refractivity contribution in [1.82, 2.24) is 4.90 Å². The first-order chi connectivity index (χ1) is 13.7. The number of amides is 1. The number of hydrogen-bond donors (Lipinski definition) is 2. The third-order valence-corrected chi connectivity index (χ3v) is 4.02. The van der Waals surface area contributed by atoms with Crippen LogP contribution < -0.4 is 4.74 Å². The van der Waals surface area contributed by atoms with E-state index in [9.17, 15) is 34.8 Å². The number of nitriles is 1. The van der Waals surface area contributed by atoms with Crippen LogP contribution in [0.1, 0.15) is 11.1 Å². The van der Waals surface area contributed by atoms with E-state index in [0.717, 1.165) is 24.1 Å². The number of hydrogen-bond acceptors (Lipinski definition) is 7. The van der Waals surface area contributed by atoms with Crippen LogP contribution in [0.25, 0.3) is 5.76 Å². The van der Waals surface area contributed by atoms with Crippen molar-refractivity contribution in [1.29, 1.82) is 5.26 Å². The van der Waals surface area contributed by atoms with E-state index in [4.69, 9.17) is 4.74 Å². The van der Waals surface area contributed by atoms with Gasteiger partial charge in [-0.1, -0.05) is 18.2 Å². The first-order valence-electron chi connectivity index (χ1n) is 8.09. The lowest BCUT2D eigenvalue weighted by atomic mass is 10.1. The van der Waals surface area contributed by atoms with Crippen molar-refractivity contribution in [2.75, 3.05) is 14.2 Å². The quantitative estimate of drug-likeness (QED) is 0.250. The highest BCUT2D eigenvalue weighted by molar-refractivity contribution is 6.03. The Hall–Kier alpha value is -4.13. The van der Waals surface area contributed by atoms with Crippen molar-refractivity contribution in [3.8, 4) is 17.6 Å². The maximum Gasteiger partial charge on any atom is 0.315 e. The Labute approximate surface area is 164 Å². The third-order valence-electron chi connectivity index (χ3n) is 4.02. The summed E-state index contributed by atoms with van der Waals surface area (Å²) in [6, 6.07) is 9.14. The largest absolute Gasteiger partial charge is 0.506 e. The second-order valence-electron chi connectivity index (χ2n) is 5.89. The molecule has 1 amide bonds. The lowest BCUT2D eigenvalue weighted by molar-refractivity contribution is -0.386. The van der Waals surface area contributed by atoms with E-state index < -0.39 is 39.4 Å². The lowest BCUT2D eigenvalue weighted by Crippen LogP contribution is -2.28. The zero-order valence-corrected chi connectivity index (χ0v) is 15.4. The number of carbonyl (C=O) groups is 1. The molecule has 29 heavy (non-hydrogen) atoms. The number of carbonyl (C=O) groups excluding carboxylic acids is 1. The summed E-state index contributed by atoms with van der Waals surface area (Å²) in [6.45, 7) is -0.178. The van der Waals surface area contributed by atoms with E-state index in [1.165, 1.54) is 25.2 Å². The molecule has 0 bridgehead atoms. The van der Waals surface area contributed by atoms with Crippen LogP contribution >= 0.6 is 0 Å². The number of aliphatic hydroxyl groups is 1. The highest BCUT2D eigenvalue weighted by atomic mass is 19.1. The smallest absolute Gasteiger partial charge is 0.315 e. The number of rotatable bonds is 6. The maximum absolute atomic E-state index is 13.8. The highest BCUT2D eigenvalue weighted by Gasteiger charge is 2.25.